The average Bonchev–Trinajstić information content (AvgIpc) is 3.13. The van der Waals surface area contributed by atoms with E-state index < -0.39 is 0 Å². The van der Waals surface area contributed by atoms with Gasteiger partial charge in [-0.05, 0) is 25.0 Å². The topological polar surface area (TPSA) is 68.8 Å². The molecule has 0 aromatic heterocycles. The van der Waals surface area contributed by atoms with Gasteiger partial charge in [0.1, 0.15) is 0 Å². The number of carbonyl (C=O) groups is 1. The fraction of sp³-hybridized carbons (Fsp3) is 0.500. The van der Waals surface area contributed by atoms with Crippen molar-refractivity contribution in [2.45, 2.75) is 18.9 Å². The van der Waals surface area contributed by atoms with Crippen LogP contribution in [0.3, 0.4) is 0 Å². The molecule has 0 radical (unpaired) electrons. The number of carbonyl (C=O) groups excluding carboxylic acids is 1. The van der Waals surface area contributed by atoms with Crippen molar-refractivity contribution in [1.29, 1.82) is 0 Å². The standard InChI is InChI=1S/C14H18N2O4/c17-14(16-7-11-2-1-5-18-11)8-15-10-3-4-12-13(6-10)20-9-19-12/h3-4,6,11,15H,1-2,5,7-9H2,(H,16,17). The van der Waals surface area contributed by atoms with Crippen LogP contribution < -0.4 is 20.1 Å². The Labute approximate surface area is 117 Å². The molecule has 1 aromatic rings. The molecule has 20 heavy (non-hydrogen) atoms. The van der Waals surface area contributed by atoms with E-state index in [9.17, 15) is 4.79 Å². The normalized spacial score (nSPS) is 19.9. The van der Waals surface area contributed by atoms with E-state index in [1.807, 2.05) is 18.2 Å². The Morgan fingerprint density at radius 1 is 1.30 bits per heavy atom. The molecule has 1 saturated heterocycles. The van der Waals surface area contributed by atoms with Gasteiger partial charge >= 0.3 is 0 Å². The van der Waals surface area contributed by atoms with Crippen LogP contribution >= 0.6 is 0 Å². The first kappa shape index (κ1) is 13.1. The van der Waals surface area contributed by atoms with Gasteiger partial charge in [-0.3, -0.25) is 4.79 Å². The summed E-state index contributed by atoms with van der Waals surface area (Å²) in [5, 5.41) is 5.93. The molecule has 1 aromatic carbocycles. The zero-order valence-electron chi connectivity index (χ0n) is 11.2. The maximum absolute atomic E-state index is 11.7. The number of benzene rings is 1. The summed E-state index contributed by atoms with van der Waals surface area (Å²) in [6.07, 6.45) is 2.27. The van der Waals surface area contributed by atoms with Crippen LogP contribution in [-0.2, 0) is 9.53 Å². The Bertz CT molecular complexity index is 486. The predicted octanol–water partition coefficient (Wildman–Crippen LogP) is 1.12. The van der Waals surface area contributed by atoms with E-state index in [-0.39, 0.29) is 25.3 Å². The SMILES string of the molecule is O=C(CNc1ccc2c(c1)OCO2)NCC1CCCO1. The van der Waals surface area contributed by atoms with E-state index in [1.54, 1.807) is 0 Å². The highest BCUT2D eigenvalue weighted by molar-refractivity contribution is 5.80. The highest BCUT2D eigenvalue weighted by Gasteiger charge is 2.16. The summed E-state index contributed by atoms with van der Waals surface area (Å²) in [6.45, 7) is 1.87. The molecule has 0 spiro atoms. The molecule has 2 aliphatic rings. The second kappa shape index (κ2) is 6.00. The molecule has 2 N–H and O–H groups in total. The third-order valence-electron chi connectivity index (χ3n) is 3.38. The van der Waals surface area contributed by atoms with Crippen LogP contribution in [-0.4, -0.2) is 38.5 Å². The van der Waals surface area contributed by atoms with Crippen molar-refractivity contribution in [1.82, 2.24) is 5.32 Å². The molecule has 3 rings (SSSR count). The zero-order valence-corrected chi connectivity index (χ0v) is 11.2. The number of hydrogen-bond acceptors (Lipinski definition) is 5. The lowest BCUT2D eigenvalue weighted by molar-refractivity contribution is -0.119. The summed E-state index contributed by atoms with van der Waals surface area (Å²) in [6, 6.07) is 5.52. The Kier molecular flexibility index (Phi) is 3.92. The number of ether oxygens (including phenoxy) is 3. The van der Waals surface area contributed by atoms with Crippen molar-refractivity contribution >= 4 is 11.6 Å². The molecule has 1 amide bonds. The van der Waals surface area contributed by atoms with E-state index in [0.29, 0.717) is 12.3 Å². The molecule has 6 nitrogen and oxygen atoms in total. The second-order valence-electron chi connectivity index (χ2n) is 4.86. The smallest absolute Gasteiger partial charge is 0.239 e. The number of nitrogens with one attached hydrogen (secondary N) is 2. The summed E-state index contributed by atoms with van der Waals surface area (Å²) in [5.41, 5.74) is 0.835. The summed E-state index contributed by atoms with van der Waals surface area (Å²) in [7, 11) is 0. The van der Waals surface area contributed by atoms with Crippen LogP contribution in [0.15, 0.2) is 18.2 Å². The minimum Gasteiger partial charge on any atom is -0.454 e. The van der Waals surface area contributed by atoms with E-state index in [1.165, 1.54) is 0 Å². The number of rotatable bonds is 5. The van der Waals surface area contributed by atoms with Crippen LogP contribution in [0.1, 0.15) is 12.8 Å². The van der Waals surface area contributed by atoms with Gasteiger partial charge in [-0.25, -0.2) is 0 Å². The number of amides is 1. The van der Waals surface area contributed by atoms with Crippen LogP contribution in [0.4, 0.5) is 5.69 Å². The fourth-order valence-corrected chi connectivity index (χ4v) is 2.28. The first-order valence-electron chi connectivity index (χ1n) is 6.83. The third-order valence-corrected chi connectivity index (χ3v) is 3.38. The Morgan fingerprint density at radius 2 is 2.20 bits per heavy atom. The van der Waals surface area contributed by atoms with Crippen molar-refractivity contribution in [3.8, 4) is 11.5 Å². The van der Waals surface area contributed by atoms with Gasteiger partial charge in [0.25, 0.3) is 0 Å². The maximum atomic E-state index is 11.7. The summed E-state index contributed by atoms with van der Waals surface area (Å²) >= 11 is 0. The maximum Gasteiger partial charge on any atom is 0.239 e. The first-order chi connectivity index (χ1) is 9.81. The molecular weight excluding hydrogens is 260 g/mol. The van der Waals surface area contributed by atoms with Gasteiger partial charge in [0.2, 0.25) is 12.7 Å². The van der Waals surface area contributed by atoms with Gasteiger partial charge < -0.3 is 24.8 Å². The quantitative estimate of drug-likeness (QED) is 0.845. The lowest BCUT2D eigenvalue weighted by Gasteiger charge is -2.11. The Hall–Kier alpha value is -1.95. The minimum atomic E-state index is -0.0434. The minimum absolute atomic E-state index is 0.0434. The lowest BCUT2D eigenvalue weighted by atomic mass is 10.2. The van der Waals surface area contributed by atoms with Gasteiger partial charge in [-0.1, -0.05) is 0 Å². The lowest BCUT2D eigenvalue weighted by Crippen LogP contribution is -2.35. The molecule has 0 aliphatic carbocycles. The first-order valence-corrected chi connectivity index (χ1v) is 6.83. The second-order valence-corrected chi connectivity index (χ2v) is 4.86. The van der Waals surface area contributed by atoms with Gasteiger partial charge in [0.15, 0.2) is 11.5 Å². The number of anilines is 1. The molecule has 108 valence electrons. The Balaban J connectivity index is 1.43. The zero-order chi connectivity index (χ0) is 13.8. The molecule has 0 saturated carbocycles. The molecule has 1 atom stereocenters. The van der Waals surface area contributed by atoms with Crippen molar-refractivity contribution in [2.75, 3.05) is 31.8 Å². The van der Waals surface area contributed by atoms with Crippen molar-refractivity contribution in [2.24, 2.45) is 0 Å². The molecule has 6 heteroatoms. The van der Waals surface area contributed by atoms with Gasteiger partial charge in [0, 0.05) is 24.9 Å². The van der Waals surface area contributed by atoms with Crippen molar-refractivity contribution < 1.29 is 19.0 Å². The van der Waals surface area contributed by atoms with Crippen molar-refractivity contribution in [3.63, 3.8) is 0 Å². The third kappa shape index (κ3) is 3.14. The summed E-state index contributed by atoms with van der Waals surface area (Å²) < 4.78 is 16.0. The van der Waals surface area contributed by atoms with Crippen molar-refractivity contribution in [3.05, 3.63) is 18.2 Å². The molecular formula is C14H18N2O4. The summed E-state index contributed by atoms with van der Waals surface area (Å²) in [5.74, 6) is 1.39. The Morgan fingerprint density at radius 3 is 3.05 bits per heavy atom. The van der Waals surface area contributed by atoms with Crippen LogP contribution in [0.5, 0.6) is 11.5 Å². The average molecular weight is 278 g/mol. The van der Waals surface area contributed by atoms with Crippen LogP contribution in [0.25, 0.3) is 0 Å². The van der Waals surface area contributed by atoms with E-state index in [2.05, 4.69) is 10.6 Å². The predicted molar refractivity (Wildman–Crippen MR) is 73.0 cm³/mol. The van der Waals surface area contributed by atoms with Crippen LogP contribution in [0, 0.1) is 0 Å². The molecule has 1 fully saturated rings. The van der Waals surface area contributed by atoms with E-state index in [4.69, 9.17) is 14.2 Å². The number of hydrogen-bond donors (Lipinski definition) is 2. The highest BCUT2D eigenvalue weighted by Crippen LogP contribution is 2.34. The molecule has 1 unspecified atom stereocenters. The molecule has 2 heterocycles. The molecule has 0 bridgehead atoms. The fourth-order valence-electron chi connectivity index (χ4n) is 2.28. The van der Waals surface area contributed by atoms with Gasteiger partial charge in [-0.2, -0.15) is 0 Å². The monoisotopic (exact) mass is 278 g/mol. The van der Waals surface area contributed by atoms with Gasteiger partial charge in [-0.15, -0.1) is 0 Å². The molecule has 2 aliphatic heterocycles. The number of fused-ring (bicyclic) bond motifs is 1. The van der Waals surface area contributed by atoms with Gasteiger partial charge in [0.05, 0.1) is 12.6 Å². The van der Waals surface area contributed by atoms with E-state index in [0.717, 1.165) is 30.9 Å². The summed E-state index contributed by atoms with van der Waals surface area (Å²) in [4.78, 5) is 11.7. The highest BCUT2D eigenvalue weighted by atomic mass is 16.7. The van der Waals surface area contributed by atoms with Crippen LogP contribution in [0.2, 0.25) is 0 Å². The largest absolute Gasteiger partial charge is 0.454 e. The van der Waals surface area contributed by atoms with E-state index >= 15 is 0 Å².